The molecular weight excluding hydrogens is 278 g/mol. The van der Waals surface area contributed by atoms with E-state index in [1.807, 2.05) is 59.2 Å². The molecule has 0 aliphatic heterocycles. The number of oxime groups is 1. The van der Waals surface area contributed by atoms with E-state index in [2.05, 4.69) is 10.5 Å². The molecule has 0 aliphatic rings. The van der Waals surface area contributed by atoms with Gasteiger partial charge in [-0.2, -0.15) is 0 Å². The summed E-state index contributed by atoms with van der Waals surface area (Å²) in [7, 11) is 0. The summed E-state index contributed by atoms with van der Waals surface area (Å²) in [6, 6.07) is 17.0. The Morgan fingerprint density at radius 3 is 2.64 bits per heavy atom. The maximum Gasteiger partial charge on any atom is 0.244 e. The Labute approximate surface area is 127 Å². The molecule has 0 atom stereocenters. The molecule has 1 heterocycles. The molecule has 0 bridgehead atoms. The van der Waals surface area contributed by atoms with Crippen LogP contribution in [0.2, 0.25) is 0 Å². The van der Waals surface area contributed by atoms with Gasteiger partial charge in [0.25, 0.3) is 0 Å². The largest absolute Gasteiger partial charge is 0.411 e. The molecule has 0 saturated heterocycles. The molecule has 0 saturated carbocycles. The lowest BCUT2D eigenvalue weighted by Gasteiger charge is -2.07. The molecular formula is C17H15N3O2. The van der Waals surface area contributed by atoms with Crippen LogP contribution in [0.4, 0.5) is 5.69 Å². The summed E-state index contributed by atoms with van der Waals surface area (Å²) >= 11 is 0. The van der Waals surface area contributed by atoms with E-state index in [4.69, 9.17) is 5.21 Å². The highest BCUT2D eigenvalue weighted by molar-refractivity contribution is 6.00. The van der Waals surface area contributed by atoms with E-state index in [-0.39, 0.29) is 12.5 Å². The third kappa shape index (κ3) is 2.83. The number of carbonyl (C=O) groups is 1. The number of nitrogens with zero attached hydrogens (tertiary/aromatic N) is 2. The van der Waals surface area contributed by atoms with Gasteiger partial charge in [0.2, 0.25) is 5.91 Å². The SMILES string of the molecule is O=C(Cn1cc(/C=N\O)c2ccccc21)Nc1ccccc1. The van der Waals surface area contributed by atoms with Crippen molar-refractivity contribution >= 4 is 28.7 Å². The number of fused-ring (bicyclic) bond motifs is 1. The van der Waals surface area contributed by atoms with E-state index >= 15 is 0 Å². The molecule has 0 radical (unpaired) electrons. The quantitative estimate of drug-likeness (QED) is 0.441. The number of anilines is 1. The predicted octanol–water partition coefficient (Wildman–Crippen LogP) is 3.09. The average molecular weight is 293 g/mol. The zero-order valence-electron chi connectivity index (χ0n) is 11.8. The molecule has 0 aliphatic carbocycles. The molecule has 1 aromatic heterocycles. The number of para-hydroxylation sites is 2. The molecule has 2 N–H and O–H groups in total. The fourth-order valence-electron chi connectivity index (χ4n) is 2.45. The van der Waals surface area contributed by atoms with Crippen molar-refractivity contribution in [1.29, 1.82) is 0 Å². The Balaban J connectivity index is 1.86. The van der Waals surface area contributed by atoms with Crippen molar-refractivity contribution in [3.63, 3.8) is 0 Å². The van der Waals surface area contributed by atoms with Crippen molar-refractivity contribution < 1.29 is 10.0 Å². The Morgan fingerprint density at radius 2 is 1.86 bits per heavy atom. The number of rotatable bonds is 4. The van der Waals surface area contributed by atoms with Crippen LogP contribution in [0.1, 0.15) is 5.56 Å². The first-order valence-electron chi connectivity index (χ1n) is 6.88. The molecule has 1 amide bonds. The zero-order valence-corrected chi connectivity index (χ0v) is 11.8. The summed E-state index contributed by atoms with van der Waals surface area (Å²) in [5.74, 6) is -0.112. The summed E-state index contributed by atoms with van der Waals surface area (Å²) in [5, 5.41) is 15.6. The van der Waals surface area contributed by atoms with Crippen LogP contribution in [-0.2, 0) is 11.3 Å². The van der Waals surface area contributed by atoms with Gasteiger partial charge in [-0.05, 0) is 18.2 Å². The highest BCUT2D eigenvalue weighted by Gasteiger charge is 2.10. The molecule has 5 nitrogen and oxygen atoms in total. The Morgan fingerprint density at radius 1 is 1.14 bits per heavy atom. The summed E-state index contributed by atoms with van der Waals surface area (Å²) < 4.78 is 1.84. The standard InChI is InChI=1S/C17H15N3O2/c21-17(19-14-6-2-1-3-7-14)12-20-11-13(10-18-22)15-8-4-5-9-16(15)20/h1-11,22H,12H2,(H,19,21)/b18-10-. The highest BCUT2D eigenvalue weighted by Crippen LogP contribution is 2.20. The van der Waals surface area contributed by atoms with Crippen LogP contribution in [0, 0.1) is 0 Å². The van der Waals surface area contributed by atoms with Crippen LogP contribution < -0.4 is 5.32 Å². The minimum absolute atomic E-state index is 0.112. The lowest BCUT2D eigenvalue weighted by Crippen LogP contribution is -2.18. The Hall–Kier alpha value is -3.08. The maximum atomic E-state index is 12.2. The van der Waals surface area contributed by atoms with E-state index < -0.39 is 0 Å². The molecule has 0 spiro atoms. The molecule has 3 aromatic rings. The van der Waals surface area contributed by atoms with Crippen LogP contribution in [0.15, 0.2) is 65.9 Å². The Kier molecular flexibility index (Phi) is 3.87. The first-order chi connectivity index (χ1) is 10.8. The molecule has 110 valence electrons. The zero-order chi connectivity index (χ0) is 15.4. The number of benzene rings is 2. The van der Waals surface area contributed by atoms with Crippen LogP contribution >= 0.6 is 0 Å². The van der Waals surface area contributed by atoms with Gasteiger partial charge in [-0.3, -0.25) is 4.79 Å². The van der Waals surface area contributed by atoms with Crippen molar-refractivity contribution in [2.75, 3.05) is 5.32 Å². The summed E-state index contributed by atoms with van der Waals surface area (Å²) in [5.41, 5.74) is 2.45. The smallest absolute Gasteiger partial charge is 0.244 e. The van der Waals surface area contributed by atoms with E-state index in [0.717, 1.165) is 22.2 Å². The number of aromatic nitrogens is 1. The lowest BCUT2D eigenvalue weighted by molar-refractivity contribution is -0.116. The Bertz CT molecular complexity index is 822. The van der Waals surface area contributed by atoms with Gasteiger partial charge in [0, 0.05) is 28.4 Å². The van der Waals surface area contributed by atoms with Gasteiger partial charge >= 0.3 is 0 Å². The number of hydrogen-bond donors (Lipinski definition) is 2. The van der Waals surface area contributed by atoms with Crippen molar-refractivity contribution in [3.05, 3.63) is 66.4 Å². The van der Waals surface area contributed by atoms with Crippen molar-refractivity contribution in [2.45, 2.75) is 6.54 Å². The van der Waals surface area contributed by atoms with Crippen LogP contribution in [0.5, 0.6) is 0 Å². The fourth-order valence-corrected chi connectivity index (χ4v) is 2.45. The third-order valence-electron chi connectivity index (χ3n) is 3.39. The second-order valence-corrected chi connectivity index (χ2v) is 4.89. The number of carbonyl (C=O) groups excluding carboxylic acids is 1. The fraction of sp³-hybridized carbons (Fsp3) is 0.0588. The monoisotopic (exact) mass is 293 g/mol. The number of nitrogens with one attached hydrogen (secondary N) is 1. The second-order valence-electron chi connectivity index (χ2n) is 4.89. The lowest BCUT2D eigenvalue weighted by atomic mass is 10.2. The van der Waals surface area contributed by atoms with E-state index in [0.29, 0.717) is 0 Å². The maximum absolute atomic E-state index is 12.2. The van der Waals surface area contributed by atoms with Crippen LogP contribution in [0.3, 0.4) is 0 Å². The predicted molar refractivity (Wildman–Crippen MR) is 86.4 cm³/mol. The highest BCUT2D eigenvalue weighted by atomic mass is 16.4. The molecule has 22 heavy (non-hydrogen) atoms. The molecule has 5 heteroatoms. The molecule has 2 aromatic carbocycles. The molecule has 0 fully saturated rings. The normalized spacial score (nSPS) is 11.1. The molecule has 0 unspecified atom stereocenters. The van der Waals surface area contributed by atoms with Gasteiger partial charge in [0.05, 0.1) is 6.21 Å². The number of hydrogen-bond acceptors (Lipinski definition) is 3. The van der Waals surface area contributed by atoms with E-state index in [9.17, 15) is 4.79 Å². The average Bonchev–Trinajstić information content (AvgIpc) is 2.87. The van der Waals surface area contributed by atoms with Crippen molar-refractivity contribution in [2.24, 2.45) is 5.16 Å². The van der Waals surface area contributed by atoms with Gasteiger partial charge in [-0.25, -0.2) is 0 Å². The number of amides is 1. The summed E-state index contributed by atoms with van der Waals surface area (Å²) in [6.07, 6.45) is 3.17. The molecule has 3 rings (SSSR count). The van der Waals surface area contributed by atoms with Gasteiger partial charge in [0.1, 0.15) is 6.54 Å². The van der Waals surface area contributed by atoms with Crippen molar-refractivity contribution in [3.8, 4) is 0 Å². The minimum Gasteiger partial charge on any atom is -0.411 e. The van der Waals surface area contributed by atoms with E-state index in [1.165, 1.54) is 6.21 Å². The first-order valence-corrected chi connectivity index (χ1v) is 6.88. The first kappa shape index (κ1) is 13.9. The second kappa shape index (κ2) is 6.13. The summed E-state index contributed by atoms with van der Waals surface area (Å²) in [4.78, 5) is 12.2. The third-order valence-corrected chi connectivity index (χ3v) is 3.39. The van der Waals surface area contributed by atoms with Crippen LogP contribution in [0.25, 0.3) is 10.9 Å². The summed E-state index contributed by atoms with van der Waals surface area (Å²) in [6.45, 7) is 0.189. The van der Waals surface area contributed by atoms with Gasteiger partial charge in [-0.1, -0.05) is 41.6 Å². The van der Waals surface area contributed by atoms with Crippen molar-refractivity contribution in [1.82, 2.24) is 4.57 Å². The van der Waals surface area contributed by atoms with Gasteiger partial charge < -0.3 is 15.1 Å². The minimum atomic E-state index is -0.112. The van der Waals surface area contributed by atoms with Gasteiger partial charge in [0.15, 0.2) is 0 Å². The topological polar surface area (TPSA) is 66.6 Å². The van der Waals surface area contributed by atoms with Crippen LogP contribution in [-0.4, -0.2) is 21.9 Å². The van der Waals surface area contributed by atoms with Gasteiger partial charge in [-0.15, -0.1) is 0 Å². The van der Waals surface area contributed by atoms with E-state index in [1.54, 1.807) is 6.20 Å².